The van der Waals surface area contributed by atoms with E-state index in [1.165, 1.54) is 12.8 Å². The number of amides is 1. The highest BCUT2D eigenvalue weighted by molar-refractivity contribution is 5.93. The third kappa shape index (κ3) is 2.81. The smallest absolute Gasteiger partial charge is 0.255 e. The van der Waals surface area contributed by atoms with Crippen molar-refractivity contribution in [3.63, 3.8) is 0 Å². The molecule has 2 rings (SSSR count). The second kappa shape index (κ2) is 5.10. The number of pyridine rings is 1. The maximum atomic E-state index is 12.2. The molecule has 0 radical (unpaired) electrons. The number of hydrogen-bond acceptors (Lipinski definition) is 2. The van der Waals surface area contributed by atoms with Crippen LogP contribution in [0.5, 0.6) is 0 Å². The molecular weight excluding hydrogens is 200 g/mol. The average molecular weight is 218 g/mol. The first kappa shape index (κ1) is 11.1. The maximum absolute atomic E-state index is 12.2. The molecule has 1 aromatic heterocycles. The number of rotatable bonds is 5. The SMILES string of the molecule is CCCN(CC1CC1)C(=O)c1cccnc1. The van der Waals surface area contributed by atoms with E-state index in [4.69, 9.17) is 0 Å². The Kier molecular flexibility index (Phi) is 3.54. The molecule has 1 aliphatic rings. The molecule has 86 valence electrons. The molecule has 0 aliphatic heterocycles. The Morgan fingerprint density at radius 1 is 1.56 bits per heavy atom. The average Bonchev–Trinajstić information content (AvgIpc) is 3.13. The molecule has 1 saturated carbocycles. The molecule has 0 spiro atoms. The summed E-state index contributed by atoms with van der Waals surface area (Å²) in [6.45, 7) is 3.88. The predicted molar refractivity (Wildman–Crippen MR) is 63.2 cm³/mol. The van der Waals surface area contributed by atoms with Crippen molar-refractivity contribution in [3.05, 3.63) is 30.1 Å². The summed E-state index contributed by atoms with van der Waals surface area (Å²) in [5.74, 6) is 0.869. The standard InChI is InChI=1S/C13H18N2O/c1-2-8-15(10-11-5-6-11)13(16)12-4-3-7-14-9-12/h3-4,7,9,11H,2,5-6,8,10H2,1H3. The Hall–Kier alpha value is -1.38. The van der Waals surface area contributed by atoms with Gasteiger partial charge in [0.05, 0.1) is 5.56 Å². The van der Waals surface area contributed by atoms with Gasteiger partial charge in [-0.05, 0) is 37.3 Å². The zero-order valence-electron chi connectivity index (χ0n) is 9.72. The summed E-state index contributed by atoms with van der Waals surface area (Å²) in [4.78, 5) is 18.1. The lowest BCUT2D eigenvalue weighted by Crippen LogP contribution is -2.33. The van der Waals surface area contributed by atoms with E-state index in [0.29, 0.717) is 5.56 Å². The van der Waals surface area contributed by atoms with Crippen LogP contribution in [0.3, 0.4) is 0 Å². The number of nitrogens with zero attached hydrogens (tertiary/aromatic N) is 2. The molecule has 1 fully saturated rings. The van der Waals surface area contributed by atoms with Crippen LogP contribution in [0.4, 0.5) is 0 Å². The van der Waals surface area contributed by atoms with Crippen molar-refractivity contribution in [1.82, 2.24) is 9.88 Å². The Morgan fingerprint density at radius 2 is 2.38 bits per heavy atom. The second-order valence-corrected chi connectivity index (χ2v) is 4.44. The van der Waals surface area contributed by atoms with Gasteiger partial charge in [-0.3, -0.25) is 9.78 Å². The van der Waals surface area contributed by atoms with E-state index < -0.39 is 0 Å². The first-order valence-corrected chi connectivity index (χ1v) is 6.00. The molecule has 1 aliphatic carbocycles. The molecule has 0 unspecified atom stereocenters. The number of carbonyl (C=O) groups is 1. The third-order valence-electron chi connectivity index (χ3n) is 2.86. The molecule has 3 nitrogen and oxygen atoms in total. The van der Waals surface area contributed by atoms with E-state index >= 15 is 0 Å². The van der Waals surface area contributed by atoms with Crippen molar-refractivity contribution in [3.8, 4) is 0 Å². The Labute approximate surface area is 96.5 Å². The molecule has 3 heteroatoms. The van der Waals surface area contributed by atoms with Gasteiger partial charge in [-0.2, -0.15) is 0 Å². The largest absolute Gasteiger partial charge is 0.338 e. The number of carbonyl (C=O) groups excluding carboxylic acids is 1. The van der Waals surface area contributed by atoms with E-state index in [1.807, 2.05) is 17.0 Å². The highest BCUT2D eigenvalue weighted by Gasteiger charge is 2.26. The summed E-state index contributed by atoms with van der Waals surface area (Å²) in [5, 5.41) is 0. The minimum absolute atomic E-state index is 0.127. The van der Waals surface area contributed by atoms with Crippen LogP contribution < -0.4 is 0 Å². The van der Waals surface area contributed by atoms with Gasteiger partial charge in [0.15, 0.2) is 0 Å². The Balaban J connectivity index is 2.03. The van der Waals surface area contributed by atoms with Gasteiger partial charge >= 0.3 is 0 Å². The lowest BCUT2D eigenvalue weighted by atomic mass is 10.2. The molecule has 1 heterocycles. The molecule has 0 atom stereocenters. The second-order valence-electron chi connectivity index (χ2n) is 4.44. The molecule has 16 heavy (non-hydrogen) atoms. The first-order chi connectivity index (χ1) is 7.81. The quantitative estimate of drug-likeness (QED) is 0.760. The van der Waals surface area contributed by atoms with Gasteiger partial charge in [-0.25, -0.2) is 0 Å². The van der Waals surface area contributed by atoms with Crippen LogP contribution in [0, 0.1) is 5.92 Å². The molecule has 0 saturated heterocycles. The summed E-state index contributed by atoms with van der Waals surface area (Å²) in [7, 11) is 0. The van der Waals surface area contributed by atoms with Crippen LogP contribution in [-0.4, -0.2) is 28.9 Å². The maximum Gasteiger partial charge on any atom is 0.255 e. The van der Waals surface area contributed by atoms with Gasteiger partial charge in [0.1, 0.15) is 0 Å². The van der Waals surface area contributed by atoms with Gasteiger partial charge in [-0.15, -0.1) is 0 Å². The topological polar surface area (TPSA) is 33.2 Å². The lowest BCUT2D eigenvalue weighted by Gasteiger charge is -2.21. The van der Waals surface area contributed by atoms with Crippen LogP contribution >= 0.6 is 0 Å². The summed E-state index contributed by atoms with van der Waals surface area (Å²) >= 11 is 0. The highest BCUT2D eigenvalue weighted by Crippen LogP contribution is 2.30. The summed E-state index contributed by atoms with van der Waals surface area (Å²) in [5.41, 5.74) is 0.705. The van der Waals surface area contributed by atoms with Crippen molar-refractivity contribution < 1.29 is 4.79 Å². The zero-order valence-corrected chi connectivity index (χ0v) is 9.72. The monoisotopic (exact) mass is 218 g/mol. The van der Waals surface area contributed by atoms with Crippen LogP contribution in [0.15, 0.2) is 24.5 Å². The normalized spacial score (nSPS) is 14.8. The summed E-state index contributed by atoms with van der Waals surface area (Å²) in [6.07, 6.45) is 6.92. The number of aromatic nitrogens is 1. The minimum atomic E-state index is 0.127. The predicted octanol–water partition coefficient (Wildman–Crippen LogP) is 2.34. The molecule has 1 aromatic rings. The van der Waals surface area contributed by atoms with Gasteiger partial charge in [0.2, 0.25) is 0 Å². The van der Waals surface area contributed by atoms with Gasteiger partial charge in [0, 0.05) is 25.5 Å². The van der Waals surface area contributed by atoms with E-state index in [9.17, 15) is 4.79 Å². The van der Waals surface area contributed by atoms with Crippen LogP contribution in [0.2, 0.25) is 0 Å². The molecular formula is C13H18N2O. The fourth-order valence-electron chi connectivity index (χ4n) is 1.83. The third-order valence-corrected chi connectivity index (χ3v) is 2.86. The highest BCUT2D eigenvalue weighted by atomic mass is 16.2. The Bertz CT molecular complexity index is 346. The fourth-order valence-corrected chi connectivity index (χ4v) is 1.83. The van der Waals surface area contributed by atoms with Crippen LogP contribution in [0.25, 0.3) is 0 Å². The Morgan fingerprint density at radius 3 is 2.94 bits per heavy atom. The van der Waals surface area contributed by atoms with Crippen molar-refractivity contribution in [2.45, 2.75) is 26.2 Å². The van der Waals surface area contributed by atoms with Crippen molar-refractivity contribution in [2.24, 2.45) is 5.92 Å². The van der Waals surface area contributed by atoms with E-state index in [1.54, 1.807) is 12.4 Å². The van der Waals surface area contributed by atoms with Gasteiger partial charge in [-0.1, -0.05) is 6.92 Å². The minimum Gasteiger partial charge on any atom is -0.338 e. The zero-order chi connectivity index (χ0) is 11.4. The van der Waals surface area contributed by atoms with E-state index in [-0.39, 0.29) is 5.91 Å². The van der Waals surface area contributed by atoms with Crippen LogP contribution in [0.1, 0.15) is 36.5 Å². The summed E-state index contributed by atoms with van der Waals surface area (Å²) in [6, 6.07) is 3.65. The molecule has 0 N–H and O–H groups in total. The van der Waals surface area contributed by atoms with Crippen LogP contribution in [-0.2, 0) is 0 Å². The van der Waals surface area contributed by atoms with Gasteiger partial charge in [0.25, 0.3) is 5.91 Å². The van der Waals surface area contributed by atoms with Crippen molar-refractivity contribution in [2.75, 3.05) is 13.1 Å². The van der Waals surface area contributed by atoms with Crippen molar-refractivity contribution in [1.29, 1.82) is 0 Å². The fraction of sp³-hybridized carbons (Fsp3) is 0.538. The first-order valence-electron chi connectivity index (χ1n) is 6.00. The van der Waals surface area contributed by atoms with E-state index in [2.05, 4.69) is 11.9 Å². The summed E-state index contributed by atoms with van der Waals surface area (Å²) < 4.78 is 0. The lowest BCUT2D eigenvalue weighted by molar-refractivity contribution is 0.0747. The van der Waals surface area contributed by atoms with E-state index in [0.717, 1.165) is 25.4 Å². The number of hydrogen-bond donors (Lipinski definition) is 0. The molecule has 0 bridgehead atoms. The molecule has 1 amide bonds. The van der Waals surface area contributed by atoms with Gasteiger partial charge < -0.3 is 4.90 Å². The molecule has 0 aromatic carbocycles. The van der Waals surface area contributed by atoms with Crippen molar-refractivity contribution >= 4 is 5.91 Å².